The van der Waals surface area contributed by atoms with Crippen LogP contribution in [0.2, 0.25) is 0 Å². The van der Waals surface area contributed by atoms with Crippen molar-refractivity contribution in [1.82, 2.24) is 14.9 Å². The fraction of sp³-hybridized carbons (Fsp3) is 0.188. The Hall–Kier alpha value is -2.25. The van der Waals surface area contributed by atoms with Crippen molar-refractivity contribution in [2.24, 2.45) is 5.10 Å². The summed E-state index contributed by atoms with van der Waals surface area (Å²) in [4.78, 5) is 1.01. The van der Waals surface area contributed by atoms with Crippen LogP contribution in [0.25, 0.3) is 10.7 Å². The van der Waals surface area contributed by atoms with Crippen molar-refractivity contribution >= 4 is 29.8 Å². The van der Waals surface area contributed by atoms with Gasteiger partial charge < -0.3 is 4.74 Å². The van der Waals surface area contributed by atoms with Crippen molar-refractivity contribution < 1.29 is 4.74 Å². The first-order valence-corrected chi connectivity index (χ1v) is 8.44. The molecule has 1 N–H and O–H groups in total. The quantitative estimate of drug-likeness (QED) is 0.553. The number of thiophene rings is 1. The summed E-state index contributed by atoms with van der Waals surface area (Å²) in [6, 6.07) is 11.7. The highest BCUT2D eigenvalue weighted by Gasteiger charge is 2.08. The molecule has 0 unspecified atom stereocenters. The van der Waals surface area contributed by atoms with Crippen molar-refractivity contribution in [2.45, 2.75) is 20.0 Å². The van der Waals surface area contributed by atoms with Gasteiger partial charge in [0.25, 0.3) is 0 Å². The molecule has 0 fully saturated rings. The van der Waals surface area contributed by atoms with E-state index in [0.717, 1.165) is 16.2 Å². The molecule has 0 aliphatic carbocycles. The van der Waals surface area contributed by atoms with E-state index in [2.05, 4.69) is 15.3 Å². The number of nitrogens with zero attached hydrogens (tertiary/aromatic N) is 3. The van der Waals surface area contributed by atoms with Gasteiger partial charge in [0.1, 0.15) is 5.75 Å². The monoisotopic (exact) mass is 344 g/mol. The van der Waals surface area contributed by atoms with E-state index in [1.54, 1.807) is 22.2 Å². The highest BCUT2D eigenvalue weighted by Crippen LogP contribution is 2.22. The predicted molar refractivity (Wildman–Crippen MR) is 95.9 cm³/mol. The van der Waals surface area contributed by atoms with Crippen LogP contribution in [0.15, 0.2) is 46.9 Å². The summed E-state index contributed by atoms with van der Waals surface area (Å²) < 4.78 is 7.71. The molecular weight excluding hydrogens is 328 g/mol. The van der Waals surface area contributed by atoms with Crippen molar-refractivity contribution in [3.63, 3.8) is 0 Å². The fourth-order valence-corrected chi connectivity index (χ4v) is 2.87. The minimum atomic E-state index is 0.159. The van der Waals surface area contributed by atoms with Crippen LogP contribution in [-0.2, 0) is 0 Å². The molecule has 2 aromatic heterocycles. The minimum Gasteiger partial charge on any atom is -0.491 e. The van der Waals surface area contributed by atoms with E-state index in [1.807, 2.05) is 55.6 Å². The lowest BCUT2D eigenvalue weighted by Crippen LogP contribution is -2.05. The molecule has 7 heteroatoms. The summed E-state index contributed by atoms with van der Waals surface area (Å²) in [5, 5.41) is 13.5. The second kappa shape index (κ2) is 6.89. The van der Waals surface area contributed by atoms with Gasteiger partial charge in [-0.1, -0.05) is 6.07 Å². The first kappa shape index (κ1) is 15.6. The molecule has 5 nitrogen and oxygen atoms in total. The molecule has 0 bridgehead atoms. The Morgan fingerprint density at radius 3 is 2.74 bits per heavy atom. The van der Waals surface area contributed by atoms with Crippen molar-refractivity contribution in [3.05, 3.63) is 52.1 Å². The molecule has 0 aliphatic rings. The number of rotatable bonds is 5. The zero-order chi connectivity index (χ0) is 16.2. The smallest absolute Gasteiger partial charge is 0.216 e. The summed E-state index contributed by atoms with van der Waals surface area (Å²) in [6.07, 6.45) is 1.91. The van der Waals surface area contributed by atoms with E-state index in [0.29, 0.717) is 10.6 Å². The van der Waals surface area contributed by atoms with Gasteiger partial charge in [0.15, 0.2) is 5.82 Å². The number of nitrogens with one attached hydrogen (secondary N) is 1. The van der Waals surface area contributed by atoms with Gasteiger partial charge in [0.2, 0.25) is 4.77 Å². The van der Waals surface area contributed by atoms with Gasteiger partial charge in [-0.25, -0.2) is 5.10 Å². The third-order valence-electron chi connectivity index (χ3n) is 2.97. The number of ether oxygens (including phenoxy) is 1. The number of benzene rings is 1. The highest BCUT2D eigenvalue weighted by atomic mass is 32.1. The largest absolute Gasteiger partial charge is 0.491 e. The first-order valence-electron chi connectivity index (χ1n) is 7.16. The van der Waals surface area contributed by atoms with E-state index in [9.17, 15) is 0 Å². The second-order valence-corrected chi connectivity index (χ2v) is 6.46. The second-order valence-electron chi connectivity index (χ2n) is 5.12. The van der Waals surface area contributed by atoms with Crippen LogP contribution >= 0.6 is 23.6 Å². The SMILES string of the molecule is CC(C)Oc1ccc(/C=N\n2c(-c3cccs3)n[nH]c2=S)cc1. The molecule has 23 heavy (non-hydrogen) atoms. The van der Waals surface area contributed by atoms with Gasteiger partial charge in [-0.05, 0) is 67.3 Å². The fourth-order valence-electron chi connectivity index (χ4n) is 1.99. The van der Waals surface area contributed by atoms with Gasteiger partial charge in [0, 0.05) is 0 Å². The Bertz CT molecular complexity index is 845. The predicted octanol–water partition coefficient (Wildman–Crippen LogP) is 4.34. The number of aromatic amines is 1. The van der Waals surface area contributed by atoms with E-state index in [-0.39, 0.29) is 6.10 Å². The van der Waals surface area contributed by atoms with Gasteiger partial charge in [-0.2, -0.15) is 14.9 Å². The van der Waals surface area contributed by atoms with Crippen LogP contribution in [0, 0.1) is 4.77 Å². The Morgan fingerprint density at radius 2 is 2.09 bits per heavy atom. The summed E-state index contributed by atoms with van der Waals surface area (Å²) in [6.45, 7) is 4.00. The maximum Gasteiger partial charge on any atom is 0.216 e. The Balaban J connectivity index is 1.83. The molecule has 0 amide bonds. The maximum atomic E-state index is 5.63. The minimum absolute atomic E-state index is 0.159. The van der Waals surface area contributed by atoms with Crippen molar-refractivity contribution in [1.29, 1.82) is 0 Å². The van der Waals surface area contributed by atoms with E-state index in [1.165, 1.54) is 0 Å². The standard InChI is InChI=1S/C16H16N4OS2/c1-11(2)21-13-7-5-12(6-8-13)10-17-20-15(18-19-16(20)22)14-4-3-9-23-14/h3-11H,1-2H3,(H,19,22)/b17-10-. The van der Waals surface area contributed by atoms with Crippen LogP contribution in [0.5, 0.6) is 5.75 Å². The zero-order valence-electron chi connectivity index (χ0n) is 12.8. The summed E-state index contributed by atoms with van der Waals surface area (Å²) in [5.41, 5.74) is 0.960. The van der Waals surface area contributed by atoms with Crippen LogP contribution in [0.1, 0.15) is 19.4 Å². The van der Waals surface area contributed by atoms with Gasteiger partial charge in [-0.3, -0.25) is 0 Å². The molecule has 0 saturated heterocycles. The van der Waals surface area contributed by atoms with Crippen LogP contribution in [-0.4, -0.2) is 27.2 Å². The van der Waals surface area contributed by atoms with Crippen LogP contribution in [0.4, 0.5) is 0 Å². The molecule has 3 rings (SSSR count). The molecule has 0 spiro atoms. The lowest BCUT2D eigenvalue weighted by Gasteiger charge is -2.09. The van der Waals surface area contributed by atoms with E-state index in [4.69, 9.17) is 17.0 Å². The maximum absolute atomic E-state index is 5.63. The Morgan fingerprint density at radius 1 is 1.30 bits per heavy atom. The molecule has 1 aromatic carbocycles. The normalized spacial score (nSPS) is 11.4. The van der Waals surface area contributed by atoms with E-state index >= 15 is 0 Å². The van der Waals surface area contributed by atoms with E-state index < -0.39 is 0 Å². The molecule has 0 radical (unpaired) electrons. The number of hydrogen-bond donors (Lipinski definition) is 1. The summed E-state index contributed by atoms with van der Waals surface area (Å²) in [5.74, 6) is 1.55. The molecule has 0 saturated carbocycles. The molecule has 2 heterocycles. The number of H-pyrrole nitrogens is 1. The third-order valence-corrected chi connectivity index (χ3v) is 4.10. The van der Waals surface area contributed by atoms with Gasteiger partial charge in [0.05, 0.1) is 17.2 Å². The number of aromatic nitrogens is 3. The number of hydrogen-bond acceptors (Lipinski definition) is 5. The van der Waals surface area contributed by atoms with Gasteiger partial charge in [-0.15, -0.1) is 11.3 Å². The van der Waals surface area contributed by atoms with Crippen LogP contribution in [0.3, 0.4) is 0 Å². The summed E-state index contributed by atoms with van der Waals surface area (Å²) >= 11 is 6.84. The lowest BCUT2D eigenvalue weighted by molar-refractivity contribution is 0.242. The molecule has 3 aromatic rings. The van der Waals surface area contributed by atoms with Crippen molar-refractivity contribution in [3.8, 4) is 16.5 Å². The van der Waals surface area contributed by atoms with Crippen LogP contribution < -0.4 is 4.74 Å². The average Bonchev–Trinajstić information content (AvgIpc) is 3.16. The average molecular weight is 344 g/mol. The molecule has 0 atom stereocenters. The molecular formula is C16H16N4OS2. The molecule has 118 valence electrons. The Kier molecular flexibility index (Phi) is 4.68. The zero-order valence-corrected chi connectivity index (χ0v) is 14.4. The third kappa shape index (κ3) is 3.75. The first-order chi connectivity index (χ1) is 11.1. The molecule has 0 aliphatic heterocycles. The van der Waals surface area contributed by atoms with Crippen molar-refractivity contribution in [2.75, 3.05) is 0 Å². The van der Waals surface area contributed by atoms with Gasteiger partial charge >= 0.3 is 0 Å². The topological polar surface area (TPSA) is 55.2 Å². The highest BCUT2D eigenvalue weighted by molar-refractivity contribution is 7.71. The Labute approximate surface area is 143 Å². The summed E-state index contributed by atoms with van der Waals surface area (Å²) in [7, 11) is 0. The lowest BCUT2D eigenvalue weighted by atomic mass is 10.2.